The van der Waals surface area contributed by atoms with Crippen molar-refractivity contribution >= 4 is 28.9 Å². The average molecular weight is 327 g/mol. The van der Waals surface area contributed by atoms with Crippen molar-refractivity contribution in [3.05, 3.63) is 45.7 Å². The van der Waals surface area contributed by atoms with E-state index in [1.807, 2.05) is 13.8 Å². The molecule has 0 aliphatic rings. The van der Waals surface area contributed by atoms with E-state index in [4.69, 9.17) is 27.9 Å². The molecule has 0 radical (unpaired) electrons. The molecular weight excluding hydrogens is 311 g/mol. The number of anilines is 1. The third-order valence-electron chi connectivity index (χ3n) is 3.20. The van der Waals surface area contributed by atoms with Crippen molar-refractivity contribution < 1.29 is 9.84 Å². The van der Waals surface area contributed by atoms with E-state index in [9.17, 15) is 5.11 Å². The number of rotatable bonds is 4. The fourth-order valence-electron chi connectivity index (χ4n) is 2.07. The number of ether oxygens (including phenoxy) is 1. The Morgan fingerprint density at radius 3 is 2.62 bits per heavy atom. The minimum atomic E-state index is -0.181. The highest BCUT2D eigenvalue weighted by atomic mass is 35.5. The molecule has 0 amide bonds. The number of benzene rings is 1. The lowest BCUT2D eigenvalue weighted by Gasteiger charge is -2.19. The molecule has 0 saturated carbocycles. The Kier molecular flexibility index (Phi) is 4.80. The van der Waals surface area contributed by atoms with E-state index in [1.165, 1.54) is 0 Å². The van der Waals surface area contributed by atoms with E-state index in [0.29, 0.717) is 27.3 Å². The quantitative estimate of drug-likeness (QED) is 0.807. The number of aromatic nitrogens is 1. The Labute approximate surface area is 133 Å². The molecule has 0 aliphatic heterocycles. The van der Waals surface area contributed by atoms with Crippen molar-refractivity contribution in [2.45, 2.75) is 19.9 Å². The largest absolute Gasteiger partial charge is 0.508 e. The van der Waals surface area contributed by atoms with Gasteiger partial charge in [-0.15, -0.1) is 0 Å². The predicted molar refractivity (Wildman–Crippen MR) is 85.7 cm³/mol. The van der Waals surface area contributed by atoms with Gasteiger partial charge in [-0.3, -0.25) is 0 Å². The standard InChI is InChI=1S/C15H16Cl2N2O2/c1-8-6-13(16)19-15(17)14(8)18-9(2)11-7-10(21-3)4-5-12(11)20/h4-7,9,18,20H,1-3H3. The molecule has 2 N–H and O–H groups in total. The monoisotopic (exact) mass is 326 g/mol. The van der Waals surface area contributed by atoms with Gasteiger partial charge in [-0.25, -0.2) is 4.98 Å². The van der Waals surface area contributed by atoms with Crippen LogP contribution in [0.5, 0.6) is 11.5 Å². The summed E-state index contributed by atoms with van der Waals surface area (Å²) < 4.78 is 5.18. The molecule has 1 aromatic heterocycles. The van der Waals surface area contributed by atoms with Crippen molar-refractivity contribution in [3.63, 3.8) is 0 Å². The molecule has 1 atom stereocenters. The third kappa shape index (κ3) is 3.52. The molecule has 1 unspecified atom stereocenters. The molecule has 1 heterocycles. The number of hydrogen-bond acceptors (Lipinski definition) is 4. The zero-order chi connectivity index (χ0) is 15.6. The molecule has 1 aromatic carbocycles. The number of phenols is 1. The molecule has 0 fully saturated rings. The van der Waals surface area contributed by atoms with Gasteiger partial charge < -0.3 is 15.2 Å². The summed E-state index contributed by atoms with van der Waals surface area (Å²) in [6.45, 7) is 3.80. The highest BCUT2D eigenvalue weighted by Crippen LogP contribution is 2.34. The van der Waals surface area contributed by atoms with E-state index >= 15 is 0 Å². The Balaban J connectivity index is 2.32. The molecule has 112 valence electrons. The molecule has 0 spiro atoms. The molecule has 2 aromatic rings. The predicted octanol–water partition coefficient (Wildman–Crippen LogP) is 4.58. The summed E-state index contributed by atoms with van der Waals surface area (Å²) >= 11 is 12.0. The van der Waals surface area contributed by atoms with Crippen molar-refractivity contribution in [1.82, 2.24) is 4.98 Å². The second-order valence-corrected chi connectivity index (χ2v) is 5.46. The van der Waals surface area contributed by atoms with Gasteiger partial charge in [0.05, 0.1) is 18.8 Å². The maximum Gasteiger partial charge on any atom is 0.154 e. The van der Waals surface area contributed by atoms with E-state index in [1.54, 1.807) is 31.4 Å². The molecule has 0 saturated heterocycles. The summed E-state index contributed by atoms with van der Waals surface area (Å²) in [5.74, 6) is 0.861. The maximum atomic E-state index is 10.00. The average Bonchev–Trinajstić information content (AvgIpc) is 2.43. The van der Waals surface area contributed by atoms with Crippen LogP contribution in [0.1, 0.15) is 24.1 Å². The summed E-state index contributed by atoms with van der Waals surface area (Å²) in [4.78, 5) is 4.02. The van der Waals surface area contributed by atoms with Crippen LogP contribution in [-0.4, -0.2) is 17.2 Å². The lowest BCUT2D eigenvalue weighted by molar-refractivity contribution is 0.410. The van der Waals surface area contributed by atoms with Crippen LogP contribution < -0.4 is 10.1 Å². The zero-order valence-corrected chi connectivity index (χ0v) is 13.5. The first-order valence-corrected chi connectivity index (χ1v) is 7.14. The molecule has 6 heteroatoms. The van der Waals surface area contributed by atoms with Gasteiger partial charge >= 0.3 is 0 Å². The van der Waals surface area contributed by atoms with Gasteiger partial charge in [0.1, 0.15) is 16.7 Å². The Morgan fingerprint density at radius 2 is 2.00 bits per heavy atom. The molecule has 2 rings (SSSR count). The topological polar surface area (TPSA) is 54.4 Å². The van der Waals surface area contributed by atoms with E-state index < -0.39 is 0 Å². The van der Waals surface area contributed by atoms with Crippen LogP contribution in [0.25, 0.3) is 0 Å². The second-order valence-electron chi connectivity index (χ2n) is 4.72. The van der Waals surface area contributed by atoms with E-state index in [2.05, 4.69) is 10.3 Å². The van der Waals surface area contributed by atoms with Crippen molar-refractivity contribution in [2.75, 3.05) is 12.4 Å². The lowest BCUT2D eigenvalue weighted by Crippen LogP contribution is -2.09. The maximum absolute atomic E-state index is 10.00. The lowest BCUT2D eigenvalue weighted by atomic mass is 10.1. The van der Waals surface area contributed by atoms with E-state index in [0.717, 1.165) is 5.56 Å². The number of nitrogens with one attached hydrogen (secondary N) is 1. The van der Waals surface area contributed by atoms with Gasteiger partial charge in [-0.05, 0) is 43.7 Å². The highest BCUT2D eigenvalue weighted by Gasteiger charge is 2.15. The Morgan fingerprint density at radius 1 is 1.29 bits per heavy atom. The van der Waals surface area contributed by atoms with Gasteiger partial charge in [0.25, 0.3) is 0 Å². The van der Waals surface area contributed by atoms with Crippen LogP contribution in [0.15, 0.2) is 24.3 Å². The number of pyridine rings is 1. The molecular formula is C15H16Cl2N2O2. The van der Waals surface area contributed by atoms with Crippen LogP contribution in [0.2, 0.25) is 10.3 Å². The van der Waals surface area contributed by atoms with Gasteiger partial charge in [-0.2, -0.15) is 0 Å². The summed E-state index contributed by atoms with van der Waals surface area (Å²) in [6, 6.07) is 6.63. The smallest absolute Gasteiger partial charge is 0.154 e. The first-order chi connectivity index (χ1) is 9.92. The first-order valence-electron chi connectivity index (χ1n) is 6.38. The van der Waals surface area contributed by atoms with Crippen LogP contribution in [0, 0.1) is 6.92 Å². The van der Waals surface area contributed by atoms with E-state index in [-0.39, 0.29) is 11.8 Å². The Bertz CT molecular complexity index is 639. The SMILES string of the molecule is COc1ccc(O)c(C(C)Nc2c(C)cc(Cl)nc2Cl)c1. The van der Waals surface area contributed by atoms with Gasteiger partial charge in [-0.1, -0.05) is 23.2 Å². The molecule has 4 nitrogen and oxygen atoms in total. The second kappa shape index (κ2) is 6.41. The fourth-order valence-corrected chi connectivity index (χ4v) is 2.66. The minimum Gasteiger partial charge on any atom is -0.508 e. The third-order valence-corrected chi connectivity index (χ3v) is 3.67. The van der Waals surface area contributed by atoms with Gasteiger partial charge in [0.15, 0.2) is 5.15 Å². The first kappa shape index (κ1) is 15.7. The number of aryl methyl sites for hydroxylation is 1. The van der Waals surface area contributed by atoms with Gasteiger partial charge in [0.2, 0.25) is 0 Å². The summed E-state index contributed by atoms with van der Waals surface area (Å²) in [5, 5.41) is 13.9. The minimum absolute atomic E-state index is 0.181. The number of hydrogen-bond donors (Lipinski definition) is 2. The summed E-state index contributed by atoms with van der Waals surface area (Å²) in [5.41, 5.74) is 2.28. The van der Waals surface area contributed by atoms with Gasteiger partial charge in [0, 0.05) is 5.56 Å². The van der Waals surface area contributed by atoms with Crippen LogP contribution in [0.3, 0.4) is 0 Å². The number of nitrogens with zero attached hydrogens (tertiary/aromatic N) is 1. The van der Waals surface area contributed by atoms with Crippen molar-refractivity contribution in [1.29, 1.82) is 0 Å². The highest BCUT2D eigenvalue weighted by molar-refractivity contribution is 6.34. The summed E-state index contributed by atoms with van der Waals surface area (Å²) in [6.07, 6.45) is 0. The normalized spacial score (nSPS) is 12.0. The molecule has 0 aliphatic carbocycles. The van der Waals surface area contributed by atoms with Crippen molar-refractivity contribution in [3.8, 4) is 11.5 Å². The number of aromatic hydroxyl groups is 1. The Hall–Kier alpha value is -1.65. The number of halogens is 2. The van der Waals surface area contributed by atoms with Crippen LogP contribution in [-0.2, 0) is 0 Å². The van der Waals surface area contributed by atoms with Crippen LogP contribution >= 0.6 is 23.2 Å². The zero-order valence-electron chi connectivity index (χ0n) is 11.9. The van der Waals surface area contributed by atoms with Crippen molar-refractivity contribution in [2.24, 2.45) is 0 Å². The number of methoxy groups -OCH3 is 1. The molecule has 0 bridgehead atoms. The fraction of sp³-hybridized carbons (Fsp3) is 0.267. The summed E-state index contributed by atoms with van der Waals surface area (Å²) in [7, 11) is 1.58. The number of phenolic OH excluding ortho intramolecular Hbond substituents is 1. The van der Waals surface area contributed by atoms with Crippen LogP contribution in [0.4, 0.5) is 5.69 Å². The molecule has 21 heavy (non-hydrogen) atoms.